The number of likely N-dealkylation sites (N-methyl/N-ethyl adjacent to an activating group) is 1. The Morgan fingerprint density at radius 2 is 1.62 bits per heavy atom. The van der Waals surface area contributed by atoms with Crippen LogP contribution in [-0.4, -0.2) is 43.5 Å². The molecule has 1 aliphatic rings. The topological polar surface area (TPSA) is 35.6 Å². The normalized spacial score (nSPS) is 15.2. The molecule has 0 aromatic heterocycles. The zero-order valence-electron chi connectivity index (χ0n) is 14.4. The molecule has 1 heterocycles. The van der Waals surface area contributed by atoms with Crippen molar-refractivity contribution in [2.45, 2.75) is 6.92 Å². The Balaban J connectivity index is 1.66. The van der Waals surface area contributed by atoms with Crippen LogP contribution < -0.4 is 10.2 Å². The van der Waals surface area contributed by atoms with Crippen LogP contribution in [0.5, 0.6) is 0 Å². The number of carbonyl (C=O) groups excluding carboxylic acids is 1. The van der Waals surface area contributed by atoms with Crippen LogP contribution >= 0.6 is 0 Å². The van der Waals surface area contributed by atoms with Crippen molar-refractivity contribution in [2.24, 2.45) is 0 Å². The van der Waals surface area contributed by atoms with Crippen molar-refractivity contribution in [1.82, 2.24) is 4.90 Å². The van der Waals surface area contributed by atoms with Gasteiger partial charge in [-0.05, 0) is 42.9 Å². The van der Waals surface area contributed by atoms with Gasteiger partial charge in [0, 0.05) is 37.6 Å². The summed E-state index contributed by atoms with van der Waals surface area (Å²) in [6.45, 7) is 7.05. The number of carbonyl (C=O) groups is 1. The second-order valence-electron chi connectivity index (χ2n) is 6.15. The Bertz CT molecular complexity index is 787. The first-order valence-electron chi connectivity index (χ1n) is 8.51. The molecule has 7 heteroatoms. The summed E-state index contributed by atoms with van der Waals surface area (Å²) in [6, 6.07) is 8.81. The number of halogens is 3. The molecule has 26 heavy (non-hydrogen) atoms. The van der Waals surface area contributed by atoms with Gasteiger partial charge in [-0.3, -0.25) is 4.79 Å². The van der Waals surface area contributed by atoms with Gasteiger partial charge in [0.05, 0.1) is 5.56 Å². The van der Waals surface area contributed by atoms with Gasteiger partial charge in [0.1, 0.15) is 0 Å². The highest BCUT2D eigenvalue weighted by Gasteiger charge is 2.19. The van der Waals surface area contributed by atoms with Crippen LogP contribution in [0.15, 0.2) is 36.4 Å². The first-order valence-corrected chi connectivity index (χ1v) is 8.51. The fourth-order valence-electron chi connectivity index (χ4n) is 2.98. The molecule has 1 fully saturated rings. The Hall–Kier alpha value is -2.54. The number of amides is 1. The van der Waals surface area contributed by atoms with E-state index in [2.05, 4.69) is 22.0 Å². The SMILES string of the molecule is CCN1CCN(c2ccc(NC(=O)c3ccc(F)c(F)c3F)cc2)CC1. The highest BCUT2D eigenvalue weighted by Crippen LogP contribution is 2.21. The highest BCUT2D eigenvalue weighted by atomic mass is 19.2. The van der Waals surface area contributed by atoms with Crippen LogP contribution in [0.1, 0.15) is 17.3 Å². The molecule has 1 aliphatic heterocycles. The van der Waals surface area contributed by atoms with Gasteiger partial charge in [0.2, 0.25) is 0 Å². The Morgan fingerprint density at radius 1 is 0.962 bits per heavy atom. The van der Waals surface area contributed by atoms with Crippen LogP contribution in [-0.2, 0) is 0 Å². The van der Waals surface area contributed by atoms with E-state index in [4.69, 9.17) is 0 Å². The van der Waals surface area contributed by atoms with Gasteiger partial charge in [-0.15, -0.1) is 0 Å². The first kappa shape index (κ1) is 18.3. The molecule has 0 aliphatic carbocycles. The maximum absolute atomic E-state index is 13.7. The summed E-state index contributed by atoms with van der Waals surface area (Å²) in [5.41, 5.74) is 0.955. The first-order chi connectivity index (χ1) is 12.5. The number of anilines is 2. The number of nitrogens with zero attached hydrogens (tertiary/aromatic N) is 2. The van der Waals surface area contributed by atoms with Crippen molar-refractivity contribution in [2.75, 3.05) is 42.9 Å². The zero-order chi connectivity index (χ0) is 18.7. The van der Waals surface area contributed by atoms with Crippen LogP contribution in [0.3, 0.4) is 0 Å². The average molecular weight is 363 g/mol. The second-order valence-corrected chi connectivity index (χ2v) is 6.15. The molecule has 0 radical (unpaired) electrons. The third kappa shape index (κ3) is 3.83. The van der Waals surface area contributed by atoms with E-state index in [1.807, 2.05) is 12.1 Å². The van der Waals surface area contributed by atoms with Gasteiger partial charge < -0.3 is 15.1 Å². The van der Waals surface area contributed by atoms with E-state index in [1.54, 1.807) is 12.1 Å². The third-order valence-electron chi connectivity index (χ3n) is 4.59. The zero-order valence-corrected chi connectivity index (χ0v) is 14.4. The Morgan fingerprint density at radius 3 is 2.23 bits per heavy atom. The van der Waals surface area contributed by atoms with Crippen LogP contribution in [0.25, 0.3) is 0 Å². The summed E-state index contributed by atoms with van der Waals surface area (Å²) in [7, 11) is 0. The second kappa shape index (κ2) is 7.78. The molecule has 0 saturated carbocycles. The summed E-state index contributed by atoms with van der Waals surface area (Å²) < 4.78 is 39.9. The van der Waals surface area contributed by atoms with E-state index in [9.17, 15) is 18.0 Å². The lowest BCUT2D eigenvalue weighted by atomic mass is 10.1. The molecule has 138 valence electrons. The number of hydrogen-bond acceptors (Lipinski definition) is 3. The standard InChI is InChI=1S/C19H20F3N3O/c1-2-24-9-11-25(12-10-24)14-5-3-13(4-6-14)23-19(26)15-7-8-16(20)18(22)17(15)21/h3-8H,2,9-12H2,1H3,(H,23,26). The van der Waals surface area contributed by atoms with E-state index in [1.165, 1.54) is 0 Å². The number of piperazine rings is 1. The minimum Gasteiger partial charge on any atom is -0.369 e. The minimum atomic E-state index is -1.65. The summed E-state index contributed by atoms with van der Waals surface area (Å²) in [5, 5.41) is 2.50. The number of rotatable bonds is 4. The number of benzene rings is 2. The fraction of sp³-hybridized carbons (Fsp3) is 0.316. The van der Waals surface area contributed by atoms with Gasteiger partial charge in [0.15, 0.2) is 17.5 Å². The predicted molar refractivity (Wildman–Crippen MR) is 95.0 cm³/mol. The lowest BCUT2D eigenvalue weighted by Crippen LogP contribution is -2.46. The smallest absolute Gasteiger partial charge is 0.258 e. The predicted octanol–water partition coefficient (Wildman–Crippen LogP) is 3.50. The summed E-state index contributed by atoms with van der Waals surface area (Å²) in [6.07, 6.45) is 0. The largest absolute Gasteiger partial charge is 0.369 e. The average Bonchev–Trinajstić information content (AvgIpc) is 2.67. The van der Waals surface area contributed by atoms with E-state index in [-0.39, 0.29) is 0 Å². The molecule has 2 aromatic rings. The molecular formula is C19H20F3N3O. The molecule has 0 spiro atoms. The minimum absolute atomic E-state index is 0.454. The summed E-state index contributed by atoms with van der Waals surface area (Å²) in [5.74, 6) is -5.30. The van der Waals surface area contributed by atoms with E-state index < -0.39 is 28.9 Å². The van der Waals surface area contributed by atoms with Gasteiger partial charge in [-0.25, -0.2) is 13.2 Å². The number of nitrogens with one attached hydrogen (secondary N) is 1. The molecule has 4 nitrogen and oxygen atoms in total. The van der Waals surface area contributed by atoms with E-state index in [0.29, 0.717) is 5.69 Å². The number of hydrogen-bond donors (Lipinski definition) is 1. The Labute approximate surface area is 150 Å². The lowest BCUT2D eigenvalue weighted by molar-refractivity contribution is 0.102. The quantitative estimate of drug-likeness (QED) is 0.845. The molecule has 3 rings (SSSR count). The van der Waals surface area contributed by atoms with Gasteiger partial charge in [0.25, 0.3) is 5.91 Å². The maximum Gasteiger partial charge on any atom is 0.258 e. The highest BCUT2D eigenvalue weighted by molar-refractivity contribution is 6.04. The van der Waals surface area contributed by atoms with E-state index >= 15 is 0 Å². The van der Waals surface area contributed by atoms with Crippen molar-refractivity contribution < 1.29 is 18.0 Å². The van der Waals surface area contributed by atoms with Crippen molar-refractivity contribution in [3.05, 3.63) is 59.4 Å². The van der Waals surface area contributed by atoms with Crippen LogP contribution in [0.2, 0.25) is 0 Å². The molecule has 1 N–H and O–H groups in total. The van der Waals surface area contributed by atoms with Crippen LogP contribution in [0, 0.1) is 17.5 Å². The third-order valence-corrected chi connectivity index (χ3v) is 4.59. The summed E-state index contributed by atoms with van der Waals surface area (Å²) >= 11 is 0. The van der Waals surface area contributed by atoms with Crippen molar-refractivity contribution in [3.8, 4) is 0 Å². The monoisotopic (exact) mass is 363 g/mol. The fourth-order valence-corrected chi connectivity index (χ4v) is 2.98. The molecule has 0 atom stereocenters. The van der Waals surface area contributed by atoms with Crippen molar-refractivity contribution >= 4 is 17.3 Å². The summed E-state index contributed by atoms with van der Waals surface area (Å²) in [4.78, 5) is 16.7. The van der Waals surface area contributed by atoms with E-state index in [0.717, 1.165) is 50.5 Å². The molecule has 0 unspecified atom stereocenters. The lowest BCUT2D eigenvalue weighted by Gasteiger charge is -2.35. The van der Waals surface area contributed by atoms with Crippen LogP contribution in [0.4, 0.5) is 24.5 Å². The maximum atomic E-state index is 13.7. The molecule has 1 amide bonds. The molecule has 2 aromatic carbocycles. The van der Waals surface area contributed by atoms with Gasteiger partial charge >= 0.3 is 0 Å². The Kier molecular flexibility index (Phi) is 5.46. The van der Waals surface area contributed by atoms with Gasteiger partial charge in [-0.2, -0.15) is 0 Å². The molecule has 0 bridgehead atoms. The van der Waals surface area contributed by atoms with Crippen molar-refractivity contribution in [3.63, 3.8) is 0 Å². The van der Waals surface area contributed by atoms with Gasteiger partial charge in [-0.1, -0.05) is 6.92 Å². The molecular weight excluding hydrogens is 343 g/mol. The molecule has 1 saturated heterocycles. The van der Waals surface area contributed by atoms with Crippen molar-refractivity contribution in [1.29, 1.82) is 0 Å².